The Hall–Kier alpha value is -2.28. The molecule has 0 heterocycles. The fourth-order valence-corrected chi connectivity index (χ4v) is 1.80. The van der Waals surface area contributed by atoms with Gasteiger partial charge < -0.3 is 0 Å². The van der Waals surface area contributed by atoms with Crippen LogP contribution in [0.4, 0.5) is 13.2 Å². The molecule has 0 aliphatic rings. The topological polar surface area (TPSA) is 23.8 Å². The Labute approximate surface area is 102 Å². The predicted molar refractivity (Wildman–Crippen MR) is 61.1 cm³/mol. The molecule has 0 aliphatic heterocycles. The van der Waals surface area contributed by atoms with Gasteiger partial charge in [0.2, 0.25) is 0 Å². The number of hydrogen-bond acceptors (Lipinski definition) is 1. The van der Waals surface area contributed by atoms with Gasteiger partial charge in [0.15, 0.2) is 11.6 Å². The highest BCUT2D eigenvalue weighted by atomic mass is 19.2. The Morgan fingerprint density at radius 1 is 0.944 bits per heavy atom. The Balaban J connectivity index is 2.71. The molecule has 2 rings (SSSR count). The number of hydrogen-bond donors (Lipinski definition) is 0. The molecule has 0 unspecified atom stereocenters. The molecule has 0 radical (unpaired) electrons. The van der Waals surface area contributed by atoms with Crippen LogP contribution in [0.1, 0.15) is 5.56 Å². The third-order valence-corrected chi connectivity index (χ3v) is 2.59. The lowest BCUT2D eigenvalue weighted by Gasteiger charge is -2.09. The summed E-state index contributed by atoms with van der Waals surface area (Å²) in [6.07, 6.45) is -0.0664. The molecular weight excluding hydrogens is 239 g/mol. The van der Waals surface area contributed by atoms with Crippen molar-refractivity contribution in [1.29, 1.82) is 5.26 Å². The van der Waals surface area contributed by atoms with E-state index in [1.54, 1.807) is 0 Å². The Morgan fingerprint density at radius 2 is 1.61 bits per heavy atom. The van der Waals surface area contributed by atoms with Gasteiger partial charge in [-0.1, -0.05) is 24.3 Å². The SMILES string of the molecule is N#CCc1cccc(F)c1-c1cccc(F)c1F. The van der Waals surface area contributed by atoms with Crippen LogP contribution >= 0.6 is 0 Å². The number of benzene rings is 2. The summed E-state index contributed by atoms with van der Waals surface area (Å²) >= 11 is 0. The van der Waals surface area contributed by atoms with Gasteiger partial charge in [0.05, 0.1) is 12.5 Å². The van der Waals surface area contributed by atoms with Crippen molar-refractivity contribution in [2.75, 3.05) is 0 Å². The molecule has 2 aromatic rings. The van der Waals surface area contributed by atoms with Gasteiger partial charge >= 0.3 is 0 Å². The zero-order valence-electron chi connectivity index (χ0n) is 9.25. The van der Waals surface area contributed by atoms with Crippen LogP contribution in [0.3, 0.4) is 0 Å². The molecule has 0 fully saturated rings. The van der Waals surface area contributed by atoms with Gasteiger partial charge in [0, 0.05) is 11.1 Å². The summed E-state index contributed by atoms with van der Waals surface area (Å²) in [7, 11) is 0. The summed E-state index contributed by atoms with van der Waals surface area (Å²) in [6.45, 7) is 0. The number of rotatable bonds is 2. The first-order chi connectivity index (χ1) is 8.65. The Kier molecular flexibility index (Phi) is 3.33. The molecule has 1 nitrogen and oxygen atoms in total. The first-order valence-corrected chi connectivity index (χ1v) is 5.24. The van der Waals surface area contributed by atoms with Crippen LogP contribution in [0, 0.1) is 28.8 Å². The van der Waals surface area contributed by atoms with Crippen molar-refractivity contribution in [1.82, 2.24) is 0 Å². The van der Waals surface area contributed by atoms with E-state index in [2.05, 4.69) is 0 Å². The summed E-state index contributed by atoms with van der Waals surface area (Å²) in [6, 6.07) is 9.53. The molecule has 0 amide bonds. The highest BCUT2D eigenvalue weighted by Crippen LogP contribution is 2.30. The first-order valence-electron chi connectivity index (χ1n) is 5.24. The molecule has 0 aliphatic carbocycles. The number of nitrogens with zero attached hydrogens (tertiary/aromatic N) is 1. The van der Waals surface area contributed by atoms with Gasteiger partial charge in [-0.05, 0) is 17.7 Å². The second-order valence-electron chi connectivity index (χ2n) is 3.71. The molecule has 4 heteroatoms. The minimum absolute atomic E-state index is 0.0592. The van der Waals surface area contributed by atoms with Crippen molar-refractivity contribution >= 4 is 0 Å². The van der Waals surface area contributed by atoms with E-state index in [4.69, 9.17) is 5.26 Å². The van der Waals surface area contributed by atoms with Gasteiger partial charge in [-0.3, -0.25) is 0 Å². The number of halogens is 3. The summed E-state index contributed by atoms with van der Waals surface area (Å²) in [5.41, 5.74) is 0.108. The minimum atomic E-state index is -1.11. The summed E-state index contributed by atoms with van der Waals surface area (Å²) in [4.78, 5) is 0. The Morgan fingerprint density at radius 3 is 2.33 bits per heavy atom. The molecule has 0 atom stereocenters. The van der Waals surface area contributed by atoms with Crippen LogP contribution < -0.4 is 0 Å². The fourth-order valence-electron chi connectivity index (χ4n) is 1.80. The van der Waals surface area contributed by atoms with E-state index in [0.29, 0.717) is 5.56 Å². The largest absolute Gasteiger partial charge is 0.206 e. The molecule has 0 spiro atoms. The van der Waals surface area contributed by atoms with E-state index < -0.39 is 17.5 Å². The van der Waals surface area contributed by atoms with E-state index >= 15 is 0 Å². The average molecular weight is 247 g/mol. The van der Waals surface area contributed by atoms with Crippen molar-refractivity contribution in [2.24, 2.45) is 0 Å². The van der Waals surface area contributed by atoms with Crippen LogP contribution in [-0.2, 0) is 6.42 Å². The zero-order valence-corrected chi connectivity index (χ0v) is 9.25. The minimum Gasteiger partial charge on any atom is -0.206 e. The molecule has 0 N–H and O–H groups in total. The maximum absolute atomic E-state index is 13.8. The average Bonchev–Trinajstić information content (AvgIpc) is 2.34. The molecule has 0 saturated heterocycles. The van der Waals surface area contributed by atoms with Gasteiger partial charge in [0.25, 0.3) is 0 Å². The standard InChI is InChI=1S/C14H8F3N/c15-11-5-1-3-9(7-8-18)13(11)10-4-2-6-12(16)14(10)17/h1-6H,7H2. The van der Waals surface area contributed by atoms with E-state index in [1.807, 2.05) is 6.07 Å². The third kappa shape index (κ3) is 2.07. The first kappa shape index (κ1) is 12.2. The lowest BCUT2D eigenvalue weighted by atomic mass is 9.97. The molecule has 18 heavy (non-hydrogen) atoms. The van der Waals surface area contributed by atoms with Crippen LogP contribution in [0.5, 0.6) is 0 Å². The predicted octanol–water partition coefficient (Wildman–Crippen LogP) is 3.84. The van der Waals surface area contributed by atoms with Crippen molar-refractivity contribution in [3.63, 3.8) is 0 Å². The van der Waals surface area contributed by atoms with Crippen molar-refractivity contribution in [3.8, 4) is 17.2 Å². The normalized spacial score (nSPS) is 10.1. The van der Waals surface area contributed by atoms with Gasteiger partial charge in [0.1, 0.15) is 5.82 Å². The van der Waals surface area contributed by atoms with Crippen LogP contribution in [-0.4, -0.2) is 0 Å². The van der Waals surface area contributed by atoms with Gasteiger partial charge in [-0.15, -0.1) is 0 Å². The molecular formula is C14H8F3N. The van der Waals surface area contributed by atoms with Crippen LogP contribution in [0.2, 0.25) is 0 Å². The van der Waals surface area contributed by atoms with Crippen molar-refractivity contribution in [2.45, 2.75) is 6.42 Å². The Bertz CT molecular complexity index is 629. The molecule has 2 aromatic carbocycles. The smallest absolute Gasteiger partial charge is 0.166 e. The second-order valence-corrected chi connectivity index (χ2v) is 3.71. The fraction of sp³-hybridized carbons (Fsp3) is 0.0714. The maximum Gasteiger partial charge on any atom is 0.166 e. The summed E-state index contributed by atoms with van der Waals surface area (Å²) < 4.78 is 40.6. The van der Waals surface area contributed by atoms with E-state index in [0.717, 1.165) is 12.1 Å². The van der Waals surface area contributed by atoms with Crippen molar-refractivity contribution < 1.29 is 13.2 Å². The molecule has 0 bridgehead atoms. The highest BCUT2D eigenvalue weighted by molar-refractivity contribution is 5.69. The third-order valence-electron chi connectivity index (χ3n) is 2.59. The monoisotopic (exact) mass is 247 g/mol. The highest BCUT2D eigenvalue weighted by Gasteiger charge is 2.16. The maximum atomic E-state index is 13.8. The summed E-state index contributed by atoms with van der Waals surface area (Å²) in [5.74, 6) is -2.83. The lowest BCUT2D eigenvalue weighted by Crippen LogP contribution is -1.97. The zero-order chi connectivity index (χ0) is 13.1. The van der Waals surface area contributed by atoms with Gasteiger partial charge in [-0.2, -0.15) is 5.26 Å². The van der Waals surface area contributed by atoms with Crippen LogP contribution in [0.25, 0.3) is 11.1 Å². The molecule has 0 aromatic heterocycles. The van der Waals surface area contributed by atoms with E-state index in [9.17, 15) is 13.2 Å². The summed E-state index contributed by atoms with van der Waals surface area (Å²) in [5, 5.41) is 8.67. The molecule has 0 saturated carbocycles. The van der Waals surface area contributed by atoms with E-state index in [-0.39, 0.29) is 17.5 Å². The number of nitriles is 1. The quantitative estimate of drug-likeness (QED) is 0.791. The van der Waals surface area contributed by atoms with E-state index in [1.165, 1.54) is 24.3 Å². The van der Waals surface area contributed by atoms with Gasteiger partial charge in [-0.25, -0.2) is 13.2 Å². The second kappa shape index (κ2) is 4.92. The van der Waals surface area contributed by atoms with Crippen LogP contribution in [0.15, 0.2) is 36.4 Å². The molecule has 90 valence electrons. The van der Waals surface area contributed by atoms with Crippen molar-refractivity contribution in [3.05, 3.63) is 59.4 Å². The lowest BCUT2D eigenvalue weighted by molar-refractivity contribution is 0.510.